The van der Waals surface area contributed by atoms with Gasteiger partial charge in [-0.05, 0) is 25.1 Å². The number of fused-ring (bicyclic) bond motifs is 3. The SMILES string of the molecule is Cc1cc2[nH]c3cc(C(F)(F)F)ccc3n2n1. The van der Waals surface area contributed by atoms with Crippen LogP contribution in [0.5, 0.6) is 0 Å². The molecule has 0 unspecified atom stereocenters. The van der Waals surface area contributed by atoms with Gasteiger partial charge in [0, 0.05) is 6.07 Å². The first-order valence-corrected chi connectivity index (χ1v) is 5.00. The number of aryl methyl sites for hydroxylation is 1. The van der Waals surface area contributed by atoms with E-state index < -0.39 is 11.7 Å². The molecule has 0 aliphatic heterocycles. The first-order valence-electron chi connectivity index (χ1n) is 5.00. The summed E-state index contributed by atoms with van der Waals surface area (Å²) in [6.45, 7) is 1.83. The Balaban J connectivity index is 2.31. The van der Waals surface area contributed by atoms with Crippen molar-refractivity contribution < 1.29 is 13.2 Å². The van der Waals surface area contributed by atoms with Gasteiger partial charge in [-0.25, -0.2) is 4.52 Å². The maximum absolute atomic E-state index is 12.5. The van der Waals surface area contributed by atoms with Gasteiger partial charge in [0.05, 0.1) is 22.3 Å². The summed E-state index contributed by atoms with van der Waals surface area (Å²) in [5.41, 5.74) is 1.92. The molecule has 0 spiro atoms. The first-order chi connectivity index (χ1) is 7.95. The number of nitrogens with one attached hydrogen (secondary N) is 1. The molecule has 3 rings (SSSR count). The highest BCUT2D eigenvalue weighted by Gasteiger charge is 2.30. The zero-order valence-corrected chi connectivity index (χ0v) is 8.84. The van der Waals surface area contributed by atoms with E-state index in [9.17, 15) is 13.2 Å². The van der Waals surface area contributed by atoms with E-state index in [0.29, 0.717) is 16.7 Å². The Labute approximate surface area is 93.9 Å². The summed E-state index contributed by atoms with van der Waals surface area (Å²) in [5.74, 6) is 0. The van der Waals surface area contributed by atoms with Gasteiger partial charge >= 0.3 is 6.18 Å². The van der Waals surface area contributed by atoms with E-state index in [2.05, 4.69) is 10.1 Å². The van der Waals surface area contributed by atoms with Gasteiger partial charge in [0.2, 0.25) is 0 Å². The van der Waals surface area contributed by atoms with Crippen LogP contribution in [0.3, 0.4) is 0 Å². The van der Waals surface area contributed by atoms with Gasteiger partial charge in [-0.15, -0.1) is 0 Å². The molecule has 3 aromatic rings. The van der Waals surface area contributed by atoms with Crippen molar-refractivity contribution in [2.45, 2.75) is 13.1 Å². The lowest BCUT2D eigenvalue weighted by molar-refractivity contribution is -0.137. The number of aromatic nitrogens is 3. The van der Waals surface area contributed by atoms with Crippen LogP contribution < -0.4 is 0 Å². The average Bonchev–Trinajstić information content (AvgIpc) is 2.71. The van der Waals surface area contributed by atoms with Gasteiger partial charge in [0.25, 0.3) is 0 Å². The summed E-state index contributed by atoms with van der Waals surface area (Å²) in [5, 5.41) is 4.20. The molecule has 0 fully saturated rings. The zero-order chi connectivity index (χ0) is 12.2. The molecule has 0 aliphatic rings. The summed E-state index contributed by atoms with van der Waals surface area (Å²) in [6, 6.07) is 5.37. The molecule has 0 atom stereocenters. The monoisotopic (exact) mass is 239 g/mol. The van der Waals surface area contributed by atoms with E-state index in [1.165, 1.54) is 6.07 Å². The molecule has 0 bridgehead atoms. The number of halogens is 3. The van der Waals surface area contributed by atoms with Crippen LogP contribution in [0.25, 0.3) is 16.7 Å². The quantitative estimate of drug-likeness (QED) is 0.642. The number of hydrogen-bond donors (Lipinski definition) is 1. The maximum Gasteiger partial charge on any atom is 0.416 e. The van der Waals surface area contributed by atoms with Crippen LogP contribution in [0.2, 0.25) is 0 Å². The molecule has 88 valence electrons. The number of benzene rings is 1. The Morgan fingerprint density at radius 2 is 2.00 bits per heavy atom. The fourth-order valence-electron chi connectivity index (χ4n) is 1.91. The number of rotatable bonds is 0. The van der Waals surface area contributed by atoms with Crippen molar-refractivity contribution in [3.05, 3.63) is 35.5 Å². The fraction of sp³-hybridized carbons (Fsp3) is 0.182. The van der Waals surface area contributed by atoms with Gasteiger partial charge in [-0.2, -0.15) is 18.3 Å². The standard InChI is InChI=1S/C11H8F3N3/c1-6-4-10-15-8-5-7(11(12,13)14)2-3-9(8)17(10)16-6/h2-5,15H,1H3. The number of hydrogen-bond acceptors (Lipinski definition) is 1. The minimum atomic E-state index is -4.32. The number of alkyl halides is 3. The molecule has 2 heterocycles. The van der Waals surface area contributed by atoms with Crippen LogP contribution in [0, 0.1) is 6.92 Å². The third kappa shape index (κ3) is 1.48. The molecule has 2 aromatic heterocycles. The lowest BCUT2D eigenvalue weighted by atomic mass is 10.2. The van der Waals surface area contributed by atoms with Crippen molar-refractivity contribution >= 4 is 16.7 Å². The summed E-state index contributed by atoms with van der Waals surface area (Å²) < 4.78 is 39.2. The molecule has 17 heavy (non-hydrogen) atoms. The van der Waals surface area contributed by atoms with Gasteiger partial charge in [-0.3, -0.25) is 0 Å². The van der Waals surface area contributed by atoms with E-state index in [1.54, 1.807) is 10.6 Å². The molecular weight excluding hydrogens is 231 g/mol. The second-order valence-electron chi connectivity index (χ2n) is 3.94. The van der Waals surface area contributed by atoms with E-state index in [4.69, 9.17) is 0 Å². The van der Waals surface area contributed by atoms with E-state index >= 15 is 0 Å². The van der Waals surface area contributed by atoms with Crippen molar-refractivity contribution in [2.24, 2.45) is 0 Å². The van der Waals surface area contributed by atoms with Gasteiger partial charge < -0.3 is 4.98 Å². The molecule has 1 aromatic carbocycles. The number of aromatic amines is 1. The molecule has 3 nitrogen and oxygen atoms in total. The lowest BCUT2D eigenvalue weighted by Gasteiger charge is -2.05. The minimum Gasteiger partial charge on any atom is -0.338 e. The smallest absolute Gasteiger partial charge is 0.338 e. The van der Waals surface area contributed by atoms with Crippen LogP contribution in [0.4, 0.5) is 13.2 Å². The van der Waals surface area contributed by atoms with Crippen molar-refractivity contribution in [1.82, 2.24) is 14.6 Å². The third-order valence-corrected chi connectivity index (χ3v) is 2.65. The largest absolute Gasteiger partial charge is 0.416 e. The fourth-order valence-corrected chi connectivity index (χ4v) is 1.91. The summed E-state index contributed by atoms with van der Waals surface area (Å²) in [6.07, 6.45) is -4.32. The molecule has 0 amide bonds. The highest BCUT2D eigenvalue weighted by molar-refractivity contribution is 5.80. The molecule has 0 saturated heterocycles. The summed E-state index contributed by atoms with van der Waals surface area (Å²) >= 11 is 0. The third-order valence-electron chi connectivity index (χ3n) is 2.65. The second kappa shape index (κ2) is 3.03. The molecule has 1 N–H and O–H groups in total. The first kappa shape index (κ1) is 10.2. The van der Waals surface area contributed by atoms with E-state index in [-0.39, 0.29) is 0 Å². The topological polar surface area (TPSA) is 33.1 Å². The van der Waals surface area contributed by atoms with Gasteiger partial charge in [0.1, 0.15) is 5.65 Å². The highest BCUT2D eigenvalue weighted by Crippen LogP contribution is 2.31. The number of H-pyrrole nitrogens is 1. The van der Waals surface area contributed by atoms with Gasteiger partial charge in [0.15, 0.2) is 0 Å². The Morgan fingerprint density at radius 1 is 1.24 bits per heavy atom. The zero-order valence-electron chi connectivity index (χ0n) is 8.84. The Hall–Kier alpha value is -1.98. The van der Waals surface area contributed by atoms with Crippen LogP contribution in [0.15, 0.2) is 24.3 Å². The van der Waals surface area contributed by atoms with Crippen molar-refractivity contribution in [3.63, 3.8) is 0 Å². The molecule has 0 aliphatic carbocycles. The van der Waals surface area contributed by atoms with Crippen molar-refractivity contribution in [2.75, 3.05) is 0 Å². The predicted molar refractivity (Wildman–Crippen MR) is 56.8 cm³/mol. The Morgan fingerprint density at radius 3 is 2.71 bits per heavy atom. The predicted octanol–water partition coefficient (Wildman–Crippen LogP) is 3.14. The van der Waals surface area contributed by atoms with Crippen molar-refractivity contribution in [3.8, 4) is 0 Å². The van der Waals surface area contributed by atoms with Crippen LogP contribution in [-0.2, 0) is 6.18 Å². The van der Waals surface area contributed by atoms with E-state index in [1.807, 2.05) is 6.92 Å². The normalized spacial score (nSPS) is 12.7. The summed E-state index contributed by atoms with van der Waals surface area (Å²) in [7, 11) is 0. The van der Waals surface area contributed by atoms with Crippen LogP contribution in [-0.4, -0.2) is 14.6 Å². The highest BCUT2D eigenvalue weighted by atomic mass is 19.4. The average molecular weight is 239 g/mol. The second-order valence-corrected chi connectivity index (χ2v) is 3.94. The van der Waals surface area contributed by atoms with Crippen LogP contribution in [0.1, 0.15) is 11.3 Å². The lowest BCUT2D eigenvalue weighted by Crippen LogP contribution is -2.04. The van der Waals surface area contributed by atoms with Crippen molar-refractivity contribution in [1.29, 1.82) is 0 Å². The summed E-state index contributed by atoms with van der Waals surface area (Å²) in [4.78, 5) is 2.91. The molecule has 6 heteroatoms. The Kier molecular flexibility index (Phi) is 1.81. The Bertz CT molecular complexity index is 706. The van der Waals surface area contributed by atoms with Gasteiger partial charge in [-0.1, -0.05) is 0 Å². The van der Waals surface area contributed by atoms with Crippen LogP contribution >= 0.6 is 0 Å². The molecular formula is C11H8F3N3. The minimum absolute atomic E-state index is 0.433. The number of nitrogens with zero attached hydrogens (tertiary/aromatic N) is 2. The maximum atomic E-state index is 12.5. The van der Waals surface area contributed by atoms with E-state index in [0.717, 1.165) is 17.8 Å². The molecule has 0 saturated carbocycles. The molecule has 0 radical (unpaired) electrons. The number of imidazole rings is 1.